The van der Waals surface area contributed by atoms with Crippen molar-refractivity contribution < 1.29 is 9.59 Å². The normalized spacial score (nSPS) is 19.9. The third kappa shape index (κ3) is 4.44. The molecular formula is C24H29N3O2. The monoisotopic (exact) mass is 391 g/mol. The van der Waals surface area contributed by atoms with Crippen LogP contribution >= 0.6 is 0 Å². The molecule has 2 aromatic carbocycles. The number of likely N-dealkylation sites (tertiary alicyclic amines) is 1. The van der Waals surface area contributed by atoms with E-state index in [1.54, 1.807) is 6.07 Å². The van der Waals surface area contributed by atoms with Gasteiger partial charge in [-0.3, -0.25) is 9.59 Å². The van der Waals surface area contributed by atoms with Gasteiger partial charge in [0.1, 0.15) is 0 Å². The fourth-order valence-corrected chi connectivity index (χ4v) is 4.33. The zero-order chi connectivity index (χ0) is 20.2. The van der Waals surface area contributed by atoms with Crippen molar-refractivity contribution in [3.8, 4) is 0 Å². The van der Waals surface area contributed by atoms with Crippen molar-refractivity contribution in [1.29, 1.82) is 0 Å². The number of carbonyl (C=O) groups is 2. The fraction of sp³-hybridized carbons (Fsp3) is 0.417. The lowest BCUT2D eigenvalue weighted by molar-refractivity contribution is 0.0683. The molecule has 2 aliphatic rings. The van der Waals surface area contributed by atoms with E-state index in [1.807, 2.05) is 46.2 Å². The highest BCUT2D eigenvalue weighted by Crippen LogP contribution is 2.20. The molecule has 0 aliphatic carbocycles. The lowest BCUT2D eigenvalue weighted by atomic mass is 9.99. The Bertz CT molecular complexity index is 859. The Balaban J connectivity index is 1.41. The molecule has 0 bridgehead atoms. The summed E-state index contributed by atoms with van der Waals surface area (Å²) < 4.78 is 0. The number of anilines is 1. The summed E-state index contributed by atoms with van der Waals surface area (Å²) >= 11 is 0. The van der Waals surface area contributed by atoms with Crippen LogP contribution < -0.4 is 4.90 Å². The van der Waals surface area contributed by atoms with E-state index in [0.717, 1.165) is 32.6 Å². The van der Waals surface area contributed by atoms with E-state index in [0.29, 0.717) is 30.1 Å². The highest BCUT2D eigenvalue weighted by molar-refractivity contribution is 5.99. The Hall–Kier alpha value is -2.82. The Labute approximate surface area is 172 Å². The summed E-state index contributed by atoms with van der Waals surface area (Å²) in [4.78, 5) is 32.0. The van der Waals surface area contributed by atoms with Crippen LogP contribution in [0.3, 0.4) is 0 Å². The summed E-state index contributed by atoms with van der Waals surface area (Å²) in [6, 6.07) is 17.6. The van der Waals surface area contributed by atoms with Gasteiger partial charge in [0.05, 0.1) is 0 Å². The van der Waals surface area contributed by atoms with Gasteiger partial charge < -0.3 is 14.7 Å². The van der Waals surface area contributed by atoms with E-state index in [9.17, 15) is 9.59 Å². The van der Waals surface area contributed by atoms with Crippen LogP contribution in [0.15, 0.2) is 54.6 Å². The van der Waals surface area contributed by atoms with Crippen LogP contribution in [0.2, 0.25) is 0 Å². The number of hydrogen-bond donors (Lipinski definition) is 0. The largest absolute Gasteiger partial charge is 0.368 e. The number of amides is 2. The highest BCUT2D eigenvalue weighted by atomic mass is 16.2. The summed E-state index contributed by atoms with van der Waals surface area (Å²) in [6.07, 6.45) is 2.23. The standard InChI is InChI=1S/C24H29N3O2/c1-19-7-6-12-27(18-19)24(29)21-9-5-8-20(17-21)23(28)26-15-13-25(14-16-26)22-10-3-2-4-11-22/h2-5,8-11,17,19H,6-7,12-16,18H2,1H3. The minimum absolute atomic E-state index is 0.0133. The number of benzene rings is 2. The van der Waals surface area contributed by atoms with Gasteiger partial charge in [0.25, 0.3) is 11.8 Å². The zero-order valence-corrected chi connectivity index (χ0v) is 17.1. The molecule has 0 aromatic heterocycles. The summed E-state index contributed by atoms with van der Waals surface area (Å²) in [5.41, 5.74) is 2.42. The van der Waals surface area contributed by atoms with Gasteiger partial charge >= 0.3 is 0 Å². The molecular weight excluding hydrogens is 362 g/mol. The summed E-state index contributed by atoms with van der Waals surface area (Å²) in [5, 5.41) is 0. The predicted octanol–water partition coefficient (Wildman–Crippen LogP) is 3.52. The van der Waals surface area contributed by atoms with Crippen LogP contribution in [0.25, 0.3) is 0 Å². The first-order valence-corrected chi connectivity index (χ1v) is 10.6. The van der Waals surface area contributed by atoms with Crippen LogP contribution in [0, 0.1) is 5.92 Å². The summed E-state index contributed by atoms with van der Waals surface area (Å²) in [5.74, 6) is 0.595. The molecule has 1 unspecified atom stereocenters. The van der Waals surface area contributed by atoms with Gasteiger partial charge in [0.15, 0.2) is 0 Å². The van der Waals surface area contributed by atoms with Gasteiger partial charge in [-0.25, -0.2) is 0 Å². The van der Waals surface area contributed by atoms with E-state index in [-0.39, 0.29) is 11.8 Å². The van der Waals surface area contributed by atoms with Crippen molar-refractivity contribution in [2.75, 3.05) is 44.2 Å². The van der Waals surface area contributed by atoms with Crippen LogP contribution in [0.4, 0.5) is 5.69 Å². The summed E-state index contributed by atoms with van der Waals surface area (Å²) in [7, 11) is 0. The third-order valence-electron chi connectivity index (χ3n) is 5.99. The second-order valence-corrected chi connectivity index (χ2v) is 8.19. The molecule has 5 heteroatoms. The van der Waals surface area contributed by atoms with Gasteiger partial charge in [0.2, 0.25) is 0 Å². The van der Waals surface area contributed by atoms with Crippen molar-refractivity contribution in [1.82, 2.24) is 9.80 Å². The number of piperidine rings is 1. The van der Waals surface area contributed by atoms with Gasteiger partial charge in [-0.2, -0.15) is 0 Å². The second kappa shape index (κ2) is 8.68. The Morgan fingerprint density at radius 3 is 2.10 bits per heavy atom. The molecule has 5 nitrogen and oxygen atoms in total. The number of piperazine rings is 1. The molecule has 0 spiro atoms. The van der Waals surface area contributed by atoms with Crippen molar-refractivity contribution in [2.24, 2.45) is 5.92 Å². The highest BCUT2D eigenvalue weighted by Gasteiger charge is 2.25. The molecule has 2 amide bonds. The molecule has 2 saturated heterocycles. The summed E-state index contributed by atoms with van der Waals surface area (Å²) in [6.45, 7) is 6.82. The second-order valence-electron chi connectivity index (χ2n) is 8.19. The predicted molar refractivity (Wildman–Crippen MR) is 115 cm³/mol. The number of rotatable bonds is 3. The van der Waals surface area contributed by atoms with E-state index in [2.05, 4.69) is 24.0 Å². The molecule has 1 atom stereocenters. The smallest absolute Gasteiger partial charge is 0.253 e. The number of hydrogen-bond acceptors (Lipinski definition) is 3. The molecule has 2 aliphatic heterocycles. The van der Waals surface area contributed by atoms with Gasteiger partial charge in [-0.1, -0.05) is 31.2 Å². The quantitative estimate of drug-likeness (QED) is 0.804. The van der Waals surface area contributed by atoms with E-state index in [4.69, 9.17) is 0 Å². The maximum Gasteiger partial charge on any atom is 0.253 e. The minimum atomic E-state index is 0.0133. The zero-order valence-electron chi connectivity index (χ0n) is 17.1. The topological polar surface area (TPSA) is 43.9 Å². The van der Waals surface area contributed by atoms with Gasteiger partial charge in [0, 0.05) is 56.1 Å². The molecule has 2 heterocycles. The molecule has 0 radical (unpaired) electrons. The molecule has 2 aromatic rings. The average molecular weight is 392 g/mol. The number of para-hydroxylation sites is 1. The molecule has 152 valence electrons. The lowest BCUT2D eigenvalue weighted by Gasteiger charge is -2.36. The van der Waals surface area contributed by atoms with E-state index in [1.165, 1.54) is 12.1 Å². The van der Waals surface area contributed by atoms with Crippen LogP contribution in [0.5, 0.6) is 0 Å². The molecule has 4 rings (SSSR count). The minimum Gasteiger partial charge on any atom is -0.368 e. The van der Waals surface area contributed by atoms with E-state index >= 15 is 0 Å². The fourth-order valence-electron chi connectivity index (χ4n) is 4.33. The van der Waals surface area contributed by atoms with Crippen molar-refractivity contribution in [3.63, 3.8) is 0 Å². The van der Waals surface area contributed by atoms with E-state index < -0.39 is 0 Å². The third-order valence-corrected chi connectivity index (χ3v) is 5.99. The van der Waals surface area contributed by atoms with Crippen LogP contribution in [-0.2, 0) is 0 Å². The Kier molecular flexibility index (Phi) is 5.84. The number of nitrogens with zero attached hydrogens (tertiary/aromatic N) is 3. The maximum absolute atomic E-state index is 13.0. The lowest BCUT2D eigenvalue weighted by Crippen LogP contribution is -2.48. The first kappa shape index (κ1) is 19.5. The van der Waals surface area contributed by atoms with Gasteiger partial charge in [-0.15, -0.1) is 0 Å². The first-order valence-electron chi connectivity index (χ1n) is 10.6. The Morgan fingerprint density at radius 1 is 0.793 bits per heavy atom. The van der Waals surface area contributed by atoms with Crippen molar-refractivity contribution in [2.45, 2.75) is 19.8 Å². The molecule has 29 heavy (non-hydrogen) atoms. The molecule has 0 N–H and O–H groups in total. The van der Waals surface area contributed by atoms with Gasteiger partial charge in [-0.05, 0) is 49.1 Å². The van der Waals surface area contributed by atoms with Crippen LogP contribution in [0.1, 0.15) is 40.5 Å². The maximum atomic E-state index is 13.0. The van der Waals surface area contributed by atoms with Crippen molar-refractivity contribution >= 4 is 17.5 Å². The molecule has 0 saturated carbocycles. The average Bonchev–Trinajstić information content (AvgIpc) is 2.79. The van der Waals surface area contributed by atoms with Crippen molar-refractivity contribution in [3.05, 3.63) is 65.7 Å². The molecule has 2 fully saturated rings. The SMILES string of the molecule is CC1CCCN(C(=O)c2cccc(C(=O)N3CCN(c4ccccc4)CC3)c2)C1. The van der Waals surface area contributed by atoms with Crippen LogP contribution in [-0.4, -0.2) is 60.9 Å². The first-order chi connectivity index (χ1) is 14.1. The number of carbonyl (C=O) groups excluding carboxylic acids is 2. The Morgan fingerprint density at radius 2 is 1.45 bits per heavy atom.